The van der Waals surface area contributed by atoms with Crippen LogP contribution in [0.3, 0.4) is 0 Å². The van der Waals surface area contributed by atoms with Crippen molar-refractivity contribution in [3.8, 4) is 16.9 Å². The topological polar surface area (TPSA) is 147 Å². The van der Waals surface area contributed by atoms with Crippen molar-refractivity contribution in [3.05, 3.63) is 59.0 Å². The molecule has 3 N–H and O–H groups in total. The highest BCUT2D eigenvalue weighted by atomic mass is 32.2. The molecule has 10 nitrogen and oxygen atoms in total. The molecule has 166 valence electrons. The average molecular weight is 468 g/mol. The number of nitrogens with two attached hydrogens (primary N) is 1. The Morgan fingerprint density at radius 2 is 1.68 bits per heavy atom. The van der Waals surface area contributed by atoms with E-state index in [4.69, 9.17) is 18.6 Å². The average Bonchev–Trinajstić information content (AvgIpc) is 2.67. The molecule has 0 saturated carbocycles. The predicted molar refractivity (Wildman–Crippen MR) is 116 cm³/mol. The lowest BCUT2D eigenvalue weighted by atomic mass is 10.1. The Morgan fingerprint density at radius 1 is 1.03 bits per heavy atom. The SMILES string of the molecule is CCOP(=O)(Nc1ccc(-c2cc3ccc(OS(N)(=O)=O)cc3oc2=O)cc1)OCC. The molecule has 0 fully saturated rings. The second-order valence-corrected chi connectivity index (χ2v) is 9.13. The lowest BCUT2D eigenvalue weighted by Gasteiger charge is -2.18. The second kappa shape index (κ2) is 9.21. The summed E-state index contributed by atoms with van der Waals surface area (Å²) in [5.41, 5.74) is 0.854. The zero-order valence-corrected chi connectivity index (χ0v) is 18.4. The van der Waals surface area contributed by atoms with E-state index in [1.807, 2.05) is 0 Å². The van der Waals surface area contributed by atoms with Crippen molar-refractivity contribution in [2.75, 3.05) is 18.3 Å². The van der Waals surface area contributed by atoms with E-state index < -0.39 is 23.7 Å². The molecular weight excluding hydrogens is 447 g/mol. The Kier molecular flexibility index (Phi) is 6.83. The maximum absolute atomic E-state index is 12.6. The largest absolute Gasteiger partial charge is 0.432 e. The molecule has 0 unspecified atom stereocenters. The van der Waals surface area contributed by atoms with E-state index in [2.05, 4.69) is 9.27 Å². The van der Waals surface area contributed by atoms with Gasteiger partial charge in [-0.15, -0.1) is 0 Å². The highest BCUT2D eigenvalue weighted by Gasteiger charge is 2.23. The summed E-state index contributed by atoms with van der Waals surface area (Å²) in [4.78, 5) is 12.5. The van der Waals surface area contributed by atoms with Gasteiger partial charge in [0.15, 0.2) is 0 Å². The van der Waals surface area contributed by atoms with Gasteiger partial charge in [-0.2, -0.15) is 13.6 Å². The Labute approximate surface area is 178 Å². The third-order valence-corrected chi connectivity index (χ3v) is 6.13. The van der Waals surface area contributed by atoms with Crippen LogP contribution >= 0.6 is 7.75 Å². The minimum absolute atomic E-state index is 0.0747. The van der Waals surface area contributed by atoms with E-state index in [0.29, 0.717) is 16.6 Å². The molecule has 12 heteroatoms. The first-order valence-electron chi connectivity index (χ1n) is 9.20. The highest BCUT2D eigenvalue weighted by Crippen LogP contribution is 2.47. The first kappa shape index (κ1) is 23.0. The molecule has 3 aromatic rings. The lowest BCUT2D eigenvalue weighted by molar-refractivity contribution is 0.225. The van der Waals surface area contributed by atoms with Crippen molar-refractivity contribution in [2.24, 2.45) is 5.14 Å². The van der Waals surface area contributed by atoms with Crippen molar-refractivity contribution in [2.45, 2.75) is 13.8 Å². The van der Waals surface area contributed by atoms with Gasteiger partial charge in [0, 0.05) is 17.1 Å². The summed E-state index contributed by atoms with van der Waals surface area (Å²) >= 11 is 0. The molecule has 0 saturated heterocycles. The maximum Gasteiger partial charge on any atom is 0.432 e. The van der Waals surface area contributed by atoms with Crippen LogP contribution in [0.1, 0.15) is 13.8 Å². The van der Waals surface area contributed by atoms with E-state index in [-0.39, 0.29) is 30.1 Å². The van der Waals surface area contributed by atoms with Crippen LogP contribution in [0.15, 0.2) is 57.7 Å². The number of fused-ring (bicyclic) bond motifs is 1. The van der Waals surface area contributed by atoms with Gasteiger partial charge in [0.25, 0.3) is 0 Å². The van der Waals surface area contributed by atoms with Crippen LogP contribution in [-0.2, 0) is 23.9 Å². The summed E-state index contributed by atoms with van der Waals surface area (Å²) in [5, 5.41) is 8.14. The molecule has 1 aromatic heterocycles. The molecule has 3 rings (SSSR count). The molecule has 0 aliphatic carbocycles. The molecule has 0 bridgehead atoms. The first-order chi connectivity index (χ1) is 14.6. The Hall–Kier alpha value is -2.69. The summed E-state index contributed by atoms with van der Waals surface area (Å²) < 4.78 is 55.0. The maximum atomic E-state index is 12.6. The fraction of sp³-hybridized carbons (Fsp3) is 0.211. The summed E-state index contributed by atoms with van der Waals surface area (Å²) in [6, 6.07) is 12.4. The zero-order valence-electron chi connectivity index (χ0n) is 16.7. The van der Waals surface area contributed by atoms with E-state index in [0.717, 1.165) is 0 Å². The molecule has 0 aliphatic heterocycles. The number of nitrogens with one attached hydrogen (secondary N) is 1. The second-order valence-electron chi connectivity index (χ2n) is 6.25. The van der Waals surface area contributed by atoms with Crippen molar-refractivity contribution in [3.63, 3.8) is 0 Å². The number of rotatable bonds is 9. The van der Waals surface area contributed by atoms with Crippen molar-refractivity contribution in [1.82, 2.24) is 0 Å². The normalized spacial score (nSPS) is 12.1. The van der Waals surface area contributed by atoms with Gasteiger partial charge in [-0.3, -0.25) is 14.1 Å². The smallest absolute Gasteiger partial charge is 0.422 e. The molecule has 0 spiro atoms. The number of anilines is 1. The van der Waals surface area contributed by atoms with Gasteiger partial charge in [-0.05, 0) is 49.7 Å². The van der Waals surface area contributed by atoms with E-state index in [1.54, 1.807) is 50.2 Å². The first-order valence-corrected chi connectivity index (χ1v) is 12.2. The minimum Gasteiger partial charge on any atom is -0.422 e. The monoisotopic (exact) mass is 468 g/mol. The summed E-state index contributed by atoms with van der Waals surface area (Å²) in [6.07, 6.45) is 0. The molecule has 0 atom stereocenters. The molecule has 2 aromatic carbocycles. The van der Waals surface area contributed by atoms with Crippen LogP contribution in [0, 0.1) is 0 Å². The number of benzene rings is 2. The van der Waals surface area contributed by atoms with Gasteiger partial charge >= 0.3 is 23.7 Å². The predicted octanol–water partition coefficient (Wildman–Crippen LogP) is 3.64. The van der Waals surface area contributed by atoms with Crippen molar-refractivity contribution < 1.29 is 30.6 Å². The fourth-order valence-electron chi connectivity index (χ4n) is 2.80. The molecule has 0 radical (unpaired) electrons. The molecule has 1 heterocycles. The van der Waals surface area contributed by atoms with Gasteiger partial charge < -0.3 is 8.60 Å². The van der Waals surface area contributed by atoms with Gasteiger partial charge in [0.05, 0.1) is 18.8 Å². The van der Waals surface area contributed by atoms with E-state index in [9.17, 15) is 17.8 Å². The third-order valence-electron chi connectivity index (χ3n) is 3.98. The third kappa shape index (κ3) is 5.93. The van der Waals surface area contributed by atoms with Crippen LogP contribution in [0.5, 0.6) is 5.75 Å². The van der Waals surface area contributed by atoms with E-state index >= 15 is 0 Å². The Morgan fingerprint density at radius 3 is 2.26 bits per heavy atom. The van der Waals surface area contributed by atoms with Crippen LogP contribution in [0.4, 0.5) is 5.69 Å². The molecule has 0 aliphatic rings. The van der Waals surface area contributed by atoms with Gasteiger partial charge in [-0.1, -0.05) is 12.1 Å². The quantitative estimate of drug-likeness (QED) is 0.355. The highest BCUT2D eigenvalue weighted by molar-refractivity contribution is 7.84. The molecule has 31 heavy (non-hydrogen) atoms. The van der Waals surface area contributed by atoms with Crippen LogP contribution in [0.25, 0.3) is 22.1 Å². The summed E-state index contributed by atoms with van der Waals surface area (Å²) in [6.45, 7) is 3.84. The van der Waals surface area contributed by atoms with Crippen molar-refractivity contribution in [1.29, 1.82) is 0 Å². The zero-order chi connectivity index (χ0) is 22.6. The molecule has 0 amide bonds. The number of hydrogen-bond acceptors (Lipinski definition) is 8. The van der Waals surface area contributed by atoms with Crippen LogP contribution in [0.2, 0.25) is 0 Å². The number of hydrogen-bond donors (Lipinski definition) is 2. The van der Waals surface area contributed by atoms with Crippen LogP contribution < -0.4 is 20.0 Å². The standard InChI is InChI=1S/C19H21N2O8PS/c1-3-26-30(23,27-4-2)21-15-8-5-13(6-9-15)17-11-14-7-10-16(29-31(20,24)25)12-18(14)28-19(17)22/h5-12H,3-4H2,1-2H3,(H,21,23)(H2,20,24,25). The van der Waals surface area contributed by atoms with Gasteiger partial charge in [0.1, 0.15) is 11.3 Å². The Balaban J connectivity index is 1.89. The lowest BCUT2D eigenvalue weighted by Crippen LogP contribution is -2.18. The summed E-state index contributed by atoms with van der Waals surface area (Å²) in [5.74, 6) is -0.0747. The molecular formula is C19H21N2O8PS. The van der Waals surface area contributed by atoms with Gasteiger partial charge in [-0.25, -0.2) is 9.36 Å². The van der Waals surface area contributed by atoms with Crippen LogP contribution in [-0.4, -0.2) is 21.6 Å². The van der Waals surface area contributed by atoms with Crippen molar-refractivity contribution >= 4 is 34.7 Å². The van der Waals surface area contributed by atoms with Gasteiger partial charge in [0.2, 0.25) is 0 Å². The van der Waals surface area contributed by atoms with E-state index in [1.165, 1.54) is 12.1 Å². The minimum atomic E-state index is -4.20. The summed E-state index contributed by atoms with van der Waals surface area (Å²) in [7, 11) is -7.68. The fourth-order valence-corrected chi connectivity index (χ4v) is 4.52. The Bertz CT molecular complexity index is 1280.